The van der Waals surface area contributed by atoms with E-state index in [-0.39, 0.29) is 0 Å². The van der Waals surface area contributed by atoms with Crippen LogP contribution in [0, 0.1) is 0 Å². The highest BCUT2D eigenvalue weighted by Gasteiger charge is 2.13. The number of hydrogen-bond donors (Lipinski definition) is 0. The van der Waals surface area contributed by atoms with Crippen molar-refractivity contribution in [2.24, 2.45) is 0 Å². The average molecular weight is 210 g/mol. The third-order valence-corrected chi connectivity index (χ3v) is 1.28. The molecule has 0 N–H and O–H groups in total. The quantitative estimate of drug-likeness (QED) is 0.711. The van der Waals surface area contributed by atoms with E-state index in [0.29, 0.717) is 0 Å². The van der Waals surface area contributed by atoms with E-state index in [1.807, 2.05) is 0 Å². The van der Waals surface area contributed by atoms with Crippen LogP contribution >= 0.6 is 0 Å². The van der Waals surface area contributed by atoms with Crippen LogP contribution in [0.3, 0.4) is 0 Å². The molecule has 6 heteroatoms. The third kappa shape index (κ3) is 3.12. The Labute approximate surface area is 77.1 Å². The van der Waals surface area contributed by atoms with Gasteiger partial charge in [0.2, 0.25) is 0 Å². The molecule has 0 atom stereocenters. The first-order valence-electron chi connectivity index (χ1n) is 3.58. The Bertz CT molecular complexity index is 261. The monoisotopic (exact) mass is 210 g/mol. The second-order valence-corrected chi connectivity index (χ2v) is 2.20. The van der Waals surface area contributed by atoms with Crippen molar-refractivity contribution in [2.75, 3.05) is 0 Å². The molecule has 78 valence electrons. The van der Waals surface area contributed by atoms with Gasteiger partial charge in [-0.05, 0) is 12.1 Å². The first kappa shape index (κ1) is 10.6. The molecule has 0 aliphatic carbocycles. The van der Waals surface area contributed by atoms with Crippen LogP contribution in [0.1, 0.15) is 0 Å². The fourth-order valence-electron chi connectivity index (χ4n) is 0.837. The van der Waals surface area contributed by atoms with E-state index >= 15 is 0 Å². The lowest BCUT2D eigenvalue weighted by Gasteiger charge is -2.10. The number of rotatable bonds is 4. The SMILES string of the molecule is FC(F)Oc1ccccc1OC(F)F. The topological polar surface area (TPSA) is 18.5 Å². The normalized spacial score (nSPS) is 10.7. The lowest BCUT2D eigenvalue weighted by molar-refractivity contribution is -0.0692. The maximum atomic E-state index is 11.8. The maximum Gasteiger partial charge on any atom is 0.387 e. The number of benzene rings is 1. The molecule has 0 amide bonds. The van der Waals surface area contributed by atoms with Crippen LogP contribution in [0.4, 0.5) is 17.6 Å². The maximum absolute atomic E-state index is 11.8. The zero-order chi connectivity index (χ0) is 10.6. The Hall–Kier alpha value is -1.46. The summed E-state index contributed by atoms with van der Waals surface area (Å²) in [5, 5.41) is 0. The molecule has 1 aromatic carbocycles. The van der Waals surface area contributed by atoms with E-state index in [1.165, 1.54) is 12.1 Å². The van der Waals surface area contributed by atoms with E-state index in [9.17, 15) is 17.6 Å². The molecule has 0 spiro atoms. The van der Waals surface area contributed by atoms with Crippen LogP contribution in [0.15, 0.2) is 24.3 Å². The van der Waals surface area contributed by atoms with Gasteiger partial charge in [-0.3, -0.25) is 0 Å². The van der Waals surface area contributed by atoms with Crippen LogP contribution in [-0.2, 0) is 0 Å². The Balaban J connectivity index is 2.80. The Morgan fingerprint density at radius 1 is 0.786 bits per heavy atom. The Morgan fingerprint density at radius 3 is 1.43 bits per heavy atom. The van der Waals surface area contributed by atoms with Crippen LogP contribution in [0.5, 0.6) is 11.5 Å². The van der Waals surface area contributed by atoms with Gasteiger partial charge in [0, 0.05) is 0 Å². The summed E-state index contributed by atoms with van der Waals surface area (Å²) in [6.45, 7) is -6.14. The molecule has 0 aliphatic heterocycles. The lowest BCUT2D eigenvalue weighted by atomic mass is 10.3. The van der Waals surface area contributed by atoms with Crippen LogP contribution in [0.2, 0.25) is 0 Å². The largest absolute Gasteiger partial charge is 0.431 e. The summed E-state index contributed by atoms with van der Waals surface area (Å²) in [7, 11) is 0. The molecule has 0 saturated carbocycles. The molecular weight excluding hydrogens is 204 g/mol. The van der Waals surface area contributed by atoms with Gasteiger partial charge in [-0.25, -0.2) is 0 Å². The first-order valence-corrected chi connectivity index (χ1v) is 3.58. The zero-order valence-corrected chi connectivity index (χ0v) is 6.79. The fraction of sp³-hybridized carbons (Fsp3) is 0.250. The average Bonchev–Trinajstić information content (AvgIpc) is 2.06. The lowest BCUT2D eigenvalue weighted by Crippen LogP contribution is -2.07. The van der Waals surface area contributed by atoms with Crippen molar-refractivity contribution in [3.05, 3.63) is 24.3 Å². The van der Waals surface area contributed by atoms with Gasteiger partial charge in [-0.15, -0.1) is 0 Å². The van der Waals surface area contributed by atoms with E-state index in [4.69, 9.17) is 0 Å². The van der Waals surface area contributed by atoms with Crippen molar-refractivity contribution in [1.82, 2.24) is 0 Å². The summed E-state index contributed by atoms with van der Waals surface area (Å²) in [4.78, 5) is 0. The molecule has 0 radical (unpaired) electrons. The van der Waals surface area contributed by atoms with Crippen molar-refractivity contribution in [2.45, 2.75) is 13.2 Å². The van der Waals surface area contributed by atoms with Gasteiger partial charge in [0.15, 0.2) is 11.5 Å². The third-order valence-electron chi connectivity index (χ3n) is 1.28. The first-order chi connectivity index (χ1) is 6.59. The predicted octanol–water partition coefficient (Wildman–Crippen LogP) is 2.89. The summed E-state index contributed by atoms with van der Waals surface area (Å²) in [5.41, 5.74) is 0. The van der Waals surface area contributed by atoms with E-state index in [2.05, 4.69) is 9.47 Å². The second kappa shape index (κ2) is 4.69. The minimum atomic E-state index is -3.07. The number of ether oxygens (including phenoxy) is 2. The fourth-order valence-corrected chi connectivity index (χ4v) is 0.837. The molecule has 2 nitrogen and oxygen atoms in total. The molecule has 1 aromatic rings. The highest BCUT2D eigenvalue weighted by atomic mass is 19.3. The number of halogens is 4. The molecule has 0 aromatic heterocycles. The van der Waals surface area contributed by atoms with E-state index in [1.54, 1.807) is 0 Å². The minimum absolute atomic E-state index is 0.414. The van der Waals surface area contributed by atoms with Crippen molar-refractivity contribution in [1.29, 1.82) is 0 Å². The zero-order valence-electron chi connectivity index (χ0n) is 6.79. The second-order valence-electron chi connectivity index (χ2n) is 2.20. The van der Waals surface area contributed by atoms with Crippen molar-refractivity contribution >= 4 is 0 Å². The summed E-state index contributed by atoms with van der Waals surface area (Å²) < 4.78 is 55.0. The van der Waals surface area contributed by atoms with Crippen LogP contribution < -0.4 is 9.47 Å². The van der Waals surface area contributed by atoms with Gasteiger partial charge in [-0.1, -0.05) is 12.1 Å². The van der Waals surface area contributed by atoms with Gasteiger partial charge >= 0.3 is 13.2 Å². The van der Waals surface area contributed by atoms with Crippen LogP contribution in [0.25, 0.3) is 0 Å². The molecule has 14 heavy (non-hydrogen) atoms. The molecular formula is C8H6F4O2. The van der Waals surface area contributed by atoms with Crippen LogP contribution in [-0.4, -0.2) is 13.2 Å². The van der Waals surface area contributed by atoms with Gasteiger partial charge in [0.25, 0.3) is 0 Å². The molecule has 0 bridgehead atoms. The van der Waals surface area contributed by atoms with E-state index < -0.39 is 24.7 Å². The predicted molar refractivity (Wildman–Crippen MR) is 39.7 cm³/mol. The molecule has 1 rings (SSSR count). The highest BCUT2D eigenvalue weighted by molar-refractivity contribution is 5.39. The van der Waals surface area contributed by atoms with Crippen molar-refractivity contribution < 1.29 is 27.0 Å². The van der Waals surface area contributed by atoms with Gasteiger partial charge < -0.3 is 9.47 Å². The molecule has 0 unspecified atom stereocenters. The number of hydrogen-bond acceptors (Lipinski definition) is 2. The molecule has 0 saturated heterocycles. The van der Waals surface area contributed by atoms with Gasteiger partial charge in [0.05, 0.1) is 0 Å². The Morgan fingerprint density at radius 2 is 1.14 bits per heavy atom. The number of alkyl halides is 4. The molecule has 0 fully saturated rings. The summed E-state index contributed by atoms with van der Waals surface area (Å²) in [6, 6.07) is 4.97. The van der Waals surface area contributed by atoms with Crippen molar-refractivity contribution in [3.63, 3.8) is 0 Å². The van der Waals surface area contributed by atoms with Crippen molar-refractivity contribution in [3.8, 4) is 11.5 Å². The molecule has 0 heterocycles. The summed E-state index contributed by atoms with van der Waals surface area (Å²) in [5.74, 6) is -0.828. The van der Waals surface area contributed by atoms with E-state index in [0.717, 1.165) is 12.1 Å². The minimum Gasteiger partial charge on any atom is -0.431 e. The summed E-state index contributed by atoms with van der Waals surface area (Å²) in [6.07, 6.45) is 0. The van der Waals surface area contributed by atoms with Gasteiger partial charge in [0.1, 0.15) is 0 Å². The highest BCUT2D eigenvalue weighted by Crippen LogP contribution is 2.29. The number of para-hydroxylation sites is 2. The smallest absolute Gasteiger partial charge is 0.387 e. The molecule has 0 aliphatic rings. The standard InChI is InChI=1S/C8H6F4O2/c9-7(10)13-5-3-1-2-4-6(5)14-8(11)12/h1-4,7-8H. The summed E-state index contributed by atoms with van der Waals surface area (Å²) >= 11 is 0. The van der Waals surface area contributed by atoms with Gasteiger partial charge in [-0.2, -0.15) is 17.6 Å². The Kier molecular flexibility index (Phi) is 3.55.